The van der Waals surface area contributed by atoms with Crippen molar-refractivity contribution in [1.29, 1.82) is 0 Å². The first kappa shape index (κ1) is 14.4. The third-order valence-corrected chi connectivity index (χ3v) is 3.43. The molecule has 0 amide bonds. The third-order valence-electron chi connectivity index (χ3n) is 3.43. The molecule has 1 aliphatic heterocycles. The number of hydrogen-bond acceptors (Lipinski definition) is 4. The lowest BCUT2D eigenvalue weighted by molar-refractivity contribution is 0.290. The molecule has 0 saturated heterocycles. The maximum atomic E-state index is 14.1. The van der Waals surface area contributed by atoms with Gasteiger partial charge in [0.15, 0.2) is 11.6 Å². The Morgan fingerprint density at radius 3 is 2.64 bits per heavy atom. The molecule has 0 fully saturated rings. The van der Waals surface area contributed by atoms with Crippen LogP contribution in [0.15, 0.2) is 47.5 Å². The lowest BCUT2D eigenvalue weighted by atomic mass is 10.2. The zero-order valence-electron chi connectivity index (χ0n) is 12.3. The summed E-state index contributed by atoms with van der Waals surface area (Å²) in [6.07, 6.45) is 0. The number of methoxy groups -OCH3 is 1. The Kier molecular flexibility index (Phi) is 4.23. The maximum absolute atomic E-state index is 14.1. The van der Waals surface area contributed by atoms with Gasteiger partial charge in [-0.3, -0.25) is 4.99 Å². The summed E-state index contributed by atoms with van der Waals surface area (Å²) in [5.74, 6) is 1.37. The summed E-state index contributed by atoms with van der Waals surface area (Å²) in [4.78, 5) is 4.27. The van der Waals surface area contributed by atoms with Gasteiger partial charge in [-0.25, -0.2) is 4.39 Å². The summed E-state index contributed by atoms with van der Waals surface area (Å²) in [7, 11) is 1.62. The van der Waals surface area contributed by atoms with Crippen LogP contribution >= 0.6 is 0 Å². The van der Waals surface area contributed by atoms with Gasteiger partial charge in [0.25, 0.3) is 0 Å². The molecule has 1 heterocycles. The van der Waals surface area contributed by atoms with E-state index < -0.39 is 0 Å². The van der Waals surface area contributed by atoms with Gasteiger partial charge in [0.1, 0.15) is 18.2 Å². The van der Waals surface area contributed by atoms with Crippen molar-refractivity contribution >= 4 is 5.84 Å². The standard InChI is InChI=1S/C17H17FN2O2/c1-21-14-5-2-12(3-6-14)11-22-16-7-4-13(10-15(16)18)17-19-8-9-20-17/h2-7,10H,8-9,11H2,1H3,(H,19,20). The van der Waals surface area contributed by atoms with E-state index in [1.54, 1.807) is 13.2 Å². The maximum Gasteiger partial charge on any atom is 0.165 e. The van der Waals surface area contributed by atoms with Gasteiger partial charge in [-0.1, -0.05) is 12.1 Å². The van der Waals surface area contributed by atoms with Crippen molar-refractivity contribution in [1.82, 2.24) is 5.32 Å². The molecule has 0 atom stereocenters. The summed E-state index contributed by atoms with van der Waals surface area (Å²) in [5, 5.41) is 3.12. The van der Waals surface area contributed by atoms with Crippen molar-refractivity contribution in [2.75, 3.05) is 20.2 Å². The van der Waals surface area contributed by atoms with E-state index in [-0.39, 0.29) is 11.6 Å². The molecule has 0 saturated carbocycles. The number of rotatable bonds is 5. The van der Waals surface area contributed by atoms with Crippen molar-refractivity contribution in [3.05, 3.63) is 59.4 Å². The second kappa shape index (κ2) is 6.47. The molecule has 2 aromatic rings. The molecule has 114 valence electrons. The Morgan fingerprint density at radius 1 is 1.18 bits per heavy atom. The van der Waals surface area contributed by atoms with E-state index >= 15 is 0 Å². The molecule has 0 radical (unpaired) electrons. The van der Waals surface area contributed by atoms with Crippen molar-refractivity contribution in [2.24, 2.45) is 4.99 Å². The van der Waals surface area contributed by atoms with Crippen molar-refractivity contribution in [3.8, 4) is 11.5 Å². The lowest BCUT2D eigenvalue weighted by Gasteiger charge is -2.09. The normalized spacial score (nSPS) is 13.5. The van der Waals surface area contributed by atoms with E-state index in [1.165, 1.54) is 6.07 Å². The molecule has 0 aromatic heterocycles. The highest BCUT2D eigenvalue weighted by Gasteiger charge is 2.11. The topological polar surface area (TPSA) is 42.9 Å². The Balaban J connectivity index is 1.67. The van der Waals surface area contributed by atoms with Gasteiger partial charge in [0.2, 0.25) is 0 Å². The molecule has 5 heteroatoms. The summed E-state index contributed by atoms with van der Waals surface area (Å²) < 4.78 is 24.7. The van der Waals surface area contributed by atoms with E-state index in [0.29, 0.717) is 6.61 Å². The highest BCUT2D eigenvalue weighted by molar-refractivity contribution is 5.99. The number of halogens is 1. The summed E-state index contributed by atoms with van der Waals surface area (Å²) in [6.45, 7) is 1.83. The van der Waals surface area contributed by atoms with Gasteiger partial charge < -0.3 is 14.8 Å². The van der Waals surface area contributed by atoms with Crippen LogP contribution in [0.5, 0.6) is 11.5 Å². The number of nitrogens with zero attached hydrogens (tertiary/aromatic N) is 1. The minimum Gasteiger partial charge on any atom is -0.497 e. The highest BCUT2D eigenvalue weighted by atomic mass is 19.1. The van der Waals surface area contributed by atoms with Crippen molar-refractivity contribution < 1.29 is 13.9 Å². The second-order valence-electron chi connectivity index (χ2n) is 4.94. The average Bonchev–Trinajstić information content (AvgIpc) is 3.08. The van der Waals surface area contributed by atoms with Crippen LogP contribution in [-0.2, 0) is 6.61 Å². The first-order valence-corrected chi connectivity index (χ1v) is 7.10. The minimum absolute atomic E-state index is 0.234. The molecule has 22 heavy (non-hydrogen) atoms. The zero-order valence-corrected chi connectivity index (χ0v) is 12.3. The Morgan fingerprint density at radius 2 is 2.00 bits per heavy atom. The van der Waals surface area contributed by atoms with Crippen LogP contribution in [0.3, 0.4) is 0 Å². The van der Waals surface area contributed by atoms with E-state index in [1.807, 2.05) is 30.3 Å². The Hall–Kier alpha value is -2.56. The third kappa shape index (κ3) is 3.19. The zero-order chi connectivity index (χ0) is 15.4. The van der Waals surface area contributed by atoms with Crippen LogP contribution in [-0.4, -0.2) is 26.0 Å². The van der Waals surface area contributed by atoms with E-state index in [9.17, 15) is 4.39 Å². The molecular weight excluding hydrogens is 283 g/mol. The number of aliphatic imine (C=N–C) groups is 1. The molecule has 4 nitrogen and oxygen atoms in total. The fourth-order valence-electron chi connectivity index (χ4n) is 2.24. The first-order valence-electron chi connectivity index (χ1n) is 7.10. The van der Waals surface area contributed by atoms with Gasteiger partial charge in [-0.2, -0.15) is 0 Å². The largest absolute Gasteiger partial charge is 0.497 e. The number of ether oxygens (including phenoxy) is 2. The Bertz CT molecular complexity index is 684. The van der Waals surface area contributed by atoms with E-state index in [0.717, 1.165) is 35.8 Å². The molecule has 0 bridgehead atoms. The predicted octanol–water partition coefficient (Wildman–Crippen LogP) is 2.76. The highest BCUT2D eigenvalue weighted by Crippen LogP contribution is 2.21. The molecule has 0 aliphatic carbocycles. The molecule has 1 aliphatic rings. The fourth-order valence-corrected chi connectivity index (χ4v) is 2.24. The monoisotopic (exact) mass is 300 g/mol. The smallest absolute Gasteiger partial charge is 0.165 e. The first-order chi connectivity index (χ1) is 10.8. The molecular formula is C17H17FN2O2. The summed E-state index contributed by atoms with van der Waals surface area (Å²) in [5.41, 5.74) is 1.69. The van der Waals surface area contributed by atoms with Crippen LogP contribution in [0.1, 0.15) is 11.1 Å². The van der Waals surface area contributed by atoms with Crippen LogP contribution in [0, 0.1) is 5.82 Å². The van der Waals surface area contributed by atoms with Crippen molar-refractivity contribution in [3.63, 3.8) is 0 Å². The lowest BCUT2D eigenvalue weighted by Crippen LogP contribution is -2.19. The van der Waals surface area contributed by atoms with Crippen LogP contribution in [0.2, 0.25) is 0 Å². The number of amidine groups is 1. The molecule has 1 N–H and O–H groups in total. The van der Waals surface area contributed by atoms with Crippen molar-refractivity contribution in [2.45, 2.75) is 6.61 Å². The van der Waals surface area contributed by atoms with Gasteiger partial charge in [0, 0.05) is 12.1 Å². The molecule has 0 unspecified atom stereocenters. The predicted molar refractivity (Wildman–Crippen MR) is 83.1 cm³/mol. The fraction of sp³-hybridized carbons (Fsp3) is 0.235. The SMILES string of the molecule is COc1ccc(COc2ccc(C3=NCCN3)cc2F)cc1. The van der Waals surface area contributed by atoms with Crippen LogP contribution < -0.4 is 14.8 Å². The minimum atomic E-state index is -0.387. The van der Waals surface area contributed by atoms with E-state index in [4.69, 9.17) is 9.47 Å². The number of hydrogen-bond donors (Lipinski definition) is 1. The van der Waals surface area contributed by atoms with Gasteiger partial charge in [-0.15, -0.1) is 0 Å². The van der Waals surface area contributed by atoms with Gasteiger partial charge in [0.05, 0.1) is 13.7 Å². The van der Waals surface area contributed by atoms with E-state index in [2.05, 4.69) is 10.3 Å². The molecule has 2 aromatic carbocycles. The van der Waals surface area contributed by atoms with Gasteiger partial charge >= 0.3 is 0 Å². The summed E-state index contributed by atoms with van der Waals surface area (Å²) in [6, 6.07) is 12.4. The average molecular weight is 300 g/mol. The van der Waals surface area contributed by atoms with Crippen LogP contribution in [0.25, 0.3) is 0 Å². The summed E-state index contributed by atoms with van der Waals surface area (Å²) >= 11 is 0. The second-order valence-corrected chi connectivity index (χ2v) is 4.94. The number of nitrogens with one attached hydrogen (secondary N) is 1. The molecule has 3 rings (SSSR count). The Labute approximate surface area is 128 Å². The van der Waals surface area contributed by atoms with Crippen LogP contribution in [0.4, 0.5) is 4.39 Å². The van der Waals surface area contributed by atoms with Gasteiger partial charge in [-0.05, 0) is 35.9 Å². The number of benzene rings is 2. The molecule has 0 spiro atoms. The quantitative estimate of drug-likeness (QED) is 0.923.